The van der Waals surface area contributed by atoms with Gasteiger partial charge >= 0.3 is 0 Å². The molecule has 2 rings (SSSR count). The molecule has 0 bridgehead atoms. The SMILES string of the molecule is O=C(C[C@@H]1C(=O)NCCN1Cc1cccc(F)c1F)NCCCO. The Morgan fingerprint density at radius 2 is 2.21 bits per heavy atom. The number of piperazine rings is 1. The average molecular weight is 341 g/mol. The molecule has 24 heavy (non-hydrogen) atoms. The fourth-order valence-corrected chi connectivity index (χ4v) is 2.62. The molecule has 1 aliphatic rings. The number of aliphatic hydroxyl groups excluding tert-OH is 1. The Morgan fingerprint density at radius 3 is 2.96 bits per heavy atom. The van der Waals surface area contributed by atoms with Crippen LogP contribution in [0.3, 0.4) is 0 Å². The van der Waals surface area contributed by atoms with Crippen molar-refractivity contribution in [2.24, 2.45) is 0 Å². The first-order chi connectivity index (χ1) is 11.5. The summed E-state index contributed by atoms with van der Waals surface area (Å²) in [6.45, 7) is 1.16. The summed E-state index contributed by atoms with van der Waals surface area (Å²) in [4.78, 5) is 25.7. The topological polar surface area (TPSA) is 81.7 Å². The lowest BCUT2D eigenvalue weighted by Gasteiger charge is -2.34. The van der Waals surface area contributed by atoms with Crippen molar-refractivity contribution >= 4 is 11.8 Å². The lowest BCUT2D eigenvalue weighted by molar-refractivity contribution is -0.134. The van der Waals surface area contributed by atoms with Gasteiger partial charge in [0.25, 0.3) is 0 Å². The van der Waals surface area contributed by atoms with Crippen LogP contribution in [0.15, 0.2) is 18.2 Å². The Hall–Kier alpha value is -2.06. The van der Waals surface area contributed by atoms with E-state index in [0.717, 1.165) is 6.07 Å². The molecule has 132 valence electrons. The predicted octanol–water partition coefficient (Wildman–Crippen LogP) is 0.154. The number of nitrogens with zero attached hydrogens (tertiary/aromatic N) is 1. The minimum Gasteiger partial charge on any atom is -0.396 e. The zero-order valence-electron chi connectivity index (χ0n) is 13.2. The largest absolute Gasteiger partial charge is 0.396 e. The number of rotatable bonds is 7. The first-order valence-electron chi connectivity index (χ1n) is 7.85. The Bertz CT molecular complexity index is 598. The second-order valence-corrected chi connectivity index (χ2v) is 5.62. The Morgan fingerprint density at radius 1 is 1.42 bits per heavy atom. The molecule has 0 unspecified atom stereocenters. The summed E-state index contributed by atoms with van der Waals surface area (Å²) < 4.78 is 27.2. The normalized spacial score (nSPS) is 18.3. The molecule has 0 radical (unpaired) electrons. The van der Waals surface area contributed by atoms with Gasteiger partial charge in [-0.2, -0.15) is 0 Å². The van der Waals surface area contributed by atoms with Gasteiger partial charge in [-0.05, 0) is 12.5 Å². The van der Waals surface area contributed by atoms with Gasteiger partial charge in [0.05, 0.1) is 12.5 Å². The van der Waals surface area contributed by atoms with Crippen molar-refractivity contribution in [3.05, 3.63) is 35.4 Å². The maximum Gasteiger partial charge on any atom is 0.237 e. The van der Waals surface area contributed by atoms with Crippen molar-refractivity contribution in [1.82, 2.24) is 15.5 Å². The number of halogens is 2. The van der Waals surface area contributed by atoms with Crippen LogP contribution in [0.1, 0.15) is 18.4 Å². The fraction of sp³-hybridized carbons (Fsp3) is 0.500. The third kappa shape index (κ3) is 4.72. The molecular weight excluding hydrogens is 320 g/mol. The van der Waals surface area contributed by atoms with Gasteiger partial charge in [0, 0.05) is 38.3 Å². The van der Waals surface area contributed by atoms with E-state index in [4.69, 9.17) is 5.11 Å². The van der Waals surface area contributed by atoms with E-state index in [1.165, 1.54) is 12.1 Å². The van der Waals surface area contributed by atoms with Crippen LogP contribution >= 0.6 is 0 Å². The van der Waals surface area contributed by atoms with Crippen LogP contribution in [0.4, 0.5) is 8.78 Å². The zero-order valence-corrected chi connectivity index (χ0v) is 13.2. The summed E-state index contributed by atoms with van der Waals surface area (Å²) in [5, 5.41) is 14.0. The van der Waals surface area contributed by atoms with E-state index < -0.39 is 17.7 Å². The summed E-state index contributed by atoms with van der Waals surface area (Å²) in [5.74, 6) is -2.51. The van der Waals surface area contributed by atoms with E-state index in [9.17, 15) is 18.4 Å². The standard InChI is InChI=1S/C16H21F2N3O3/c17-12-4-1-3-11(15(12)18)10-21-7-6-20-16(24)13(21)9-14(23)19-5-2-8-22/h1,3-4,13,22H,2,5-10H2,(H,19,23)(H,20,24)/t13-/m1/s1. The highest BCUT2D eigenvalue weighted by molar-refractivity contribution is 5.88. The van der Waals surface area contributed by atoms with Gasteiger partial charge in [0.15, 0.2) is 11.6 Å². The van der Waals surface area contributed by atoms with Crippen LogP contribution in [-0.2, 0) is 16.1 Å². The van der Waals surface area contributed by atoms with Crippen LogP contribution < -0.4 is 10.6 Å². The third-order valence-corrected chi connectivity index (χ3v) is 3.88. The minimum absolute atomic E-state index is 0.0326. The molecule has 0 saturated carbocycles. The quantitative estimate of drug-likeness (QED) is 0.617. The van der Waals surface area contributed by atoms with E-state index in [0.29, 0.717) is 26.1 Å². The highest BCUT2D eigenvalue weighted by Gasteiger charge is 2.32. The van der Waals surface area contributed by atoms with Gasteiger partial charge in [-0.15, -0.1) is 0 Å². The van der Waals surface area contributed by atoms with Gasteiger partial charge in [0.1, 0.15) is 0 Å². The number of hydrogen-bond acceptors (Lipinski definition) is 4. The van der Waals surface area contributed by atoms with E-state index in [-0.39, 0.29) is 37.0 Å². The van der Waals surface area contributed by atoms with Crippen molar-refractivity contribution in [3.8, 4) is 0 Å². The second kappa shape index (κ2) is 8.70. The Kier molecular flexibility index (Phi) is 6.62. The molecule has 1 saturated heterocycles. The Balaban J connectivity index is 2.04. The minimum atomic E-state index is -0.938. The molecule has 8 heteroatoms. The second-order valence-electron chi connectivity index (χ2n) is 5.62. The number of carbonyl (C=O) groups is 2. The van der Waals surface area contributed by atoms with Gasteiger partial charge in [-0.1, -0.05) is 12.1 Å². The number of hydrogen-bond donors (Lipinski definition) is 3. The number of amides is 2. The van der Waals surface area contributed by atoms with Crippen LogP contribution in [0.5, 0.6) is 0 Å². The average Bonchev–Trinajstić information content (AvgIpc) is 2.55. The van der Waals surface area contributed by atoms with Gasteiger partial charge in [-0.3, -0.25) is 14.5 Å². The van der Waals surface area contributed by atoms with Crippen molar-refractivity contribution < 1.29 is 23.5 Å². The van der Waals surface area contributed by atoms with E-state index in [1.54, 1.807) is 4.90 Å². The third-order valence-electron chi connectivity index (χ3n) is 3.88. The molecular formula is C16H21F2N3O3. The summed E-state index contributed by atoms with van der Waals surface area (Å²) in [6.07, 6.45) is 0.356. The van der Waals surface area contributed by atoms with Crippen molar-refractivity contribution in [2.45, 2.75) is 25.4 Å². The first kappa shape index (κ1) is 18.3. The molecule has 1 aromatic carbocycles. The van der Waals surface area contributed by atoms with E-state index >= 15 is 0 Å². The van der Waals surface area contributed by atoms with Crippen molar-refractivity contribution in [3.63, 3.8) is 0 Å². The van der Waals surface area contributed by atoms with Crippen molar-refractivity contribution in [2.75, 3.05) is 26.2 Å². The molecule has 1 aliphatic heterocycles. The van der Waals surface area contributed by atoms with Crippen LogP contribution in [0.25, 0.3) is 0 Å². The summed E-state index contributed by atoms with van der Waals surface area (Å²) >= 11 is 0. The summed E-state index contributed by atoms with van der Waals surface area (Å²) in [5.41, 5.74) is 0.149. The lowest BCUT2D eigenvalue weighted by atomic mass is 10.1. The first-order valence-corrected chi connectivity index (χ1v) is 7.85. The molecule has 0 spiro atoms. The maximum atomic E-state index is 13.8. The lowest BCUT2D eigenvalue weighted by Crippen LogP contribution is -2.56. The number of nitrogens with one attached hydrogen (secondary N) is 2. The van der Waals surface area contributed by atoms with E-state index in [1.807, 2.05) is 0 Å². The Labute approximate surface area is 138 Å². The molecule has 2 amide bonds. The van der Waals surface area contributed by atoms with E-state index in [2.05, 4.69) is 10.6 Å². The molecule has 1 aromatic rings. The van der Waals surface area contributed by atoms with Gasteiger partial charge in [0.2, 0.25) is 11.8 Å². The van der Waals surface area contributed by atoms with Crippen LogP contribution in [-0.4, -0.2) is 54.1 Å². The van der Waals surface area contributed by atoms with Gasteiger partial charge in [-0.25, -0.2) is 8.78 Å². The monoisotopic (exact) mass is 341 g/mol. The molecule has 6 nitrogen and oxygen atoms in total. The fourth-order valence-electron chi connectivity index (χ4n) is 2.62. The number of aliphatic hydroxyl groups is 1. The number of benzene rings is 1. The molecule has 3 N–H and O–H groups in total. The zero-order chi connectivity index (χ0) is 17.5. The molecule has 0 aromatic heterocycles. The van der Waals surface area contributed by atoms with Gasteiger partial charge < -0.3 is 15.7 Å². The number of carbonyl (C=O) groups excluding carboxylic acids is 2. The summed E-state index contributed by atoms with van der Waals surface area (Å²) in [6, 6.07) is 3.17. The molecule has 0 aliphatic carbocycles. The molecule has 1 atom stereocenters. The molecule has 1 fully saturated rings. The highest BCUT2D eigenvalue weighted by atomic mass is 19.2. The smallest absolute Gasteiger partial charge is 0.237 e. The van der Waals surface area contributed by atoms with Crippen LogP contribution in [0, 0.1) is 11.6 Å². The van der Waals surface area contributed by atoms with Crippen LogP contribution in [0.2, 0.25) is 0 Å². The van der Waals surface area contributed by atoms with Crippen molar-refractivity contribution in [1.29, 1.82) is 0 Å². The predicted molar refractivity (Wildman–Crippen MR) is 82.9 cm³/mol. The highest BCUT2D eigenvalue weighted by Crippen LogP contribution is 2.18. The molecule has 1 heterocycles. The summed E-state index contributed by atoms with van der Waals surface area (Å²) in [7, 11) is 0. The maximum absolute atomic E-state index is 13.8.